The van der Waals surface area contributed by atoms with Gasteiger partial charge in [0.05, 0.1) is 19.8 Å². The Labute approximate surface area is 104 Å². The Morgan fingerprint density at radius 3 is 2.83 bits per heavy atom. The highest BCUT2D eigenvalue weighted by Gasteiger charge is 2.05. The second kappa shape index (κ2) is 7.46. The number of pyridine rings is 1. The summed E-state index contributed by atoms with van der Waals surface area (Å²) in [6.45, 7) is 0.219. The summed E-state index contributed by atoms with van der Waals surface area (Å²) in [7, 11) is 0. The third-order valence-electron chi connectivity index (χ3n) is 2.03. The second-order valence-electron chi connectivity index (χ2n) is 3.49. The molecule has 0 aliphatic heterocycles. The lowest BCUT2D eigenvalue weighted by Crippen LogP contribution is -2.25. The van der Waals surface area contributed by atoms with E-state index in [0.717, 1.165) is 0 Å². The number of aromatic nitrogens is 1. The molecule has 0 spiro atoms. The summed E-state index contributed by atoms with van der Waals surface area (Å²) in [4.78, 5) is 22.8. The number of hydrogen-bond acceptors (Lipinski definition) is 6. The van der Waals surface area contributed by atoms with Crippen molar-refractivity contribution in [2.24, 2.45) is 0 Å². The van der Waals surface area contributed by atoms with Gasteiger partial charge >= 0.3 is 5.97 Å². The first-order valence-corrected chi connectivity index (χ1v) is 5.43. The molecule has 0 radical (unpaired) electrons. The van der Waals surface area contributed by atoms with Crippen LogP contribution in [0.15, 0.2) is 23.1 Å². The Hall–Kier alpha value is -1.86. The van der Waals surface area contributed by atoms with E-state index in [2.05, 4.69) is 0 Å². The summed E-state index contributed by atoms with van der Waals surface area (Å²) in [5.74, 6) is -0.546. The van der Waals surface area contributed by atoms with Crippen molar-refractivity contribution in [2.75, 3.05) is 32.2 Å². The SMILES string of the molecule is Nc1ccc(=O)n(CC(=O)OCCOCCO)c1. The summed E-state index contributed by atoms with van der Waals surface area (Å²) >= 11 is 0. The zero-order valence-electron chi connectivity index (χ0n) is 9.87. The summed E-state index contributed by atoms with van der Waals surface area (Å²) in [6.07, 6.45) is 1.38. The number of aliphatic hydroxyl groups is 1. The van der Waals surface area contributed by atoms with Gasteiger partial charge in [-0.3, -0.25) is 9.59 Å². The number of carbonyl (C=O) groups is 1. The van der Waals surface area contributed by atoms with Gasteiger partial charge in [0.1, 0.15) is 13.2 Å². The van der Waals surface area contributed by atoms with Crippen molar-refractivity contribution in [1.29, 1.82) is 0 Å². The van der Waals surface area contributed by atoms with Crippen molar-refractivity contribution in [1.82, 2.24) is 4.57 Å². The maximum atomic E-state index is 11.4. The normalized spacial score (nSPS) is 10.3. The van der Waals surface area contributed by atoms with Gasteiger partial charge in [0.25, 0.3) is 5.56 Å². The van der Waals surface area contributed by atoms with Crippen LogP contribution in [0.1, 0.15) is 0 Å². The highest BCUT2D eigenvalue weighted by Crippen LogP contribution is 1.96. The van der Waals surface area contributed by atoms with Crippen LogP contribution in [0.25, 0.3) is 0 Å². The molecule has 0 amide bonds. The van der Waals surface area contributed by atoms with E-state index in [1.165, 1.54) is 22.9 Å². The molecular formula is C11H16N2O5. The minimum atomic E-state index is -0.546. The molecule has 18 heavy (non-hydrogen) atoms. The molecule has 1 rings (SSSR count). The van der Waals surface area contributed by atoms with Gasteiger partial charge in [-0.15, -0.1) is 0 Å². The van der Waals surface area contributed by atoms with Crippen LogP contribution in [-0.2, 0) is 20.8 Å². The lowest BCUT2D eigenvalue weighted by atomic mass is 10.4. The molecule has 0 fully saturated rings. The van der Waals surface area contributed by atoms with Gasteiger partial charge in [-0.25, -0.2) is 0 Å². The molecule has 0 aliphatic carbocycles. The molecule has 1 aromatic rings. The quantitative estimate of drug-likeness (QED) is 0.478. The minimum absolute atomic E-state index is 0.0768. The molecule has 0 unspecified atom stereocenters. The number of nitrogens with two attached hydrogens (primary N) is 1. The molecule has 1 aromatic heterocycles. The molecule has 0 aliphatic rings. The van der Waals surface area contributed by atoms with Gasteiger partial charge in [0.2, 0.25) is 0 Å². The standard InChI is InChI=1S/C11H16N2O5/c12-9-1-2-10(15)13(7-9)8-11(16)18-6-5-17-4-3-14/h1-2,7,14H,3-6,8,12H2. The van der Waals surface area contributed by atoms with Crippen LogP contribution in [-0.4, -0.2) is 42.1 Å². The van der Waals surface area contributed by atoms with Gasteiger partial charge in [-0.05, 0) is 6.07 Å². The summed E-state index contributed by atoms with van der Waals surface area (Å²) in [5, 5.41) is 8.44. The van der Waals surface area contributed by atoms with Crippen molar-refractivity contribution in [3.8, 4) is 0 Å². The largest absolute Gasteiger partial charge is 0.462 e. The van der Waals surface area contributed by atoms with E-state index in [-0.39, 0.29) is 38.5 Å². The van der Waals surface area contributed by atoms with Crippen molar-refractivity contribution in [2.45, 2.75) is 6.54 Å². The molecule has 7 nitrogen and oxygen atoms in total. The summed E-state index contributed by atoms with van der Waals surface area (Å²) < 4.78 is 10.9. The van der Waals surface area contributed by atoms with Crippen molar-refractivity contribution in [3.05, 3.63) is 28.7 Å². The number of anilines is 1. The Morgan fingerprint density at radius 1 is 1.33 bits per heavy atom. The summed E-state index contributed by atoms with van der Waals surface area (Å²) in [6, 6.07) is 2.75. The number of hydrogen-bond donors (Lipinski definition) is 2. The van der Waals surface area contributed by atoms with Crippen LogP contribution in [0.3, 0.4) is 0 Å². The highest BCUT2D eigenvalue weighted by molar-refractivity contribution is 5.69. The monoisotopic (exact) mass is 256 g/mol. The number of rotatable bonds is 7. The fourth-order valence-corrected chi connectivity index (χ4v) is 1.24. The van der Waals surface area contributed by atoms with Crippen LogP contribution in [0.5, 0.6) is 0 Å². The second-order valence-corrected chi connectivity index (χ2v) is 3.49. The van der Waals surface area contributed by atoms with Crippen LogP contribution in [0.2, 0.25) is 0 Å². The van der Waals surface area contributed by atoms with E-state index >= 15 is 0 Å². The highest BCUT2D eigenvalue weighted by atomic mass is 16.6. The number of ether oxygens (including phenoxy) is 2. The van der Waals surface area contributed by atoms with Crippen LogP contribution < -0.4 is 11.3 Å². The third kappa shape index (κ3) is 4.98. The molecule has 7 heteroatoms. The van der Waals surface area contributed by atoms with Crippen LogP contribution >= 0.6 is 0 Å². The number of nitrogens with zero attached hydrogens (tertiary/aromatic N) is 1. The van der Waals surface area contributed by atoms with E-state index in [9.17, 15) is 9.59 Å². The molecule has 0 saturated heterocycles. The zero-order valence-corrected chi connectivity index (χ0v) is 9.87. The Kier molecular flexibility index (Phi) is 5.89. The van der Waals surface area contributed by atoms with E-state index in [0.29, 0.717) is 5.69 Å². The lowest BCUT2D eigenvalue weighted by Gasteiger charge is -2.07. The maximum absolute atomic E-state index is 11.4. The first kappa shape index (κ1) is 14.2. The topological polar surface area (TPSA) is 104 Å². The number of nitrogen functional groups attached to an aromatic ring is 1. The average Bonchev–Trinajstić information content (AvgIpc) is 2.33. The van der Waals surface area contributed by atoms with Gasteiger partial charge in [-0.1, -0.05) is 0 Å². The maximum Gasteiger partial charge on any atom is 0.326 e. The molecule has 1 heterocycles. The lowest BCUT2D eigenvalue weighted by molar-refractivity contribution is -0.146. The minimum Gasteiger partial charge on any atom is -0.462 e. The number of carbonyl (C=O) groups excluding carboxylic acids is 1. The van der Waals surface area contributed by atoms with Crippen LogP contribution in [0, 0.1) is 0 Å². The first-order valence-electron chi connectivity index (χ1n) is 5.43. The van der Waals surface area contributed by atoms with Gasteiger partial charge in [-0.2, -0.15) is 0 Å². The van der Waals surface area contributed by atoms with E-state index in [1.54, 1.807) is 0 Å². The molecular weight excluding hydrogens is 240 g/mol. The fourth-order valence-electron chi connectivity index (χ4n) is 1.24. The number of aliphatic hydroxyl groups excluding tert-OH is 1. The van der Waals surface area contributed by atoms with Gasteiger partial charge < -0.3 is 24.9 Å². The Morgan fingerprint density at radius 2 is 2.11 bits per heavy atom. The van der Waals surface area contributed by atoms with Crippen molar-refractivity contribution in [3.63, 3.8) is 0 Å². The Balaban J connectivity index is 2.35. The first-order chi connectivity index (χ1) is 8.63. The zero-order chi connectivity index (χ0) is 13.4. The predicted octanol–water partition coefficient (Wildman–Crippen LogP) is -1.02. The Bertz CT molecular complexity index is 443. The van der Waals surface area contributed by atoms with Crippen molar-refractivity contribution < 1.29 is 19.4 Å². The van der Waals surface area contributed by atoms with Gasteiger partial charge in [0, 0.05) is 18.0 Å². The number of esters is 1. The molecule has 0 aromatic carbocycles. The van der Waals surface area contributed by atoms with Crippen LogP contribution in [0.4, 0.5) is 5.69 Å². The smallest absolute Gasteiger partial charge is 0.326 e. The predicted molar refractivity (Wildman–Crippen MR) is 64.0 cm³/mol. The van der Waals surface area contributed by atoms with E-state index < -0.39 is 5.97 Å². The molecule has 3 N–H and O–H groups in total. The fraction of sp³-hybridized carbons (Fsp3) is 0.455. The third-order valence-corrected chi connectivity index (χ3v) is 2.03. The van der Waals surface area contributed by atoms with E-state index in [4.69, 9.17) is 20.3 Å². The van der Waals surface area contributed by atoms with Gasteiger partial charge in [0.15, 0.2) is 0 Å². The van der Waals surface area contributed by atoms with E-state index in [1.807, 2.05) is 0 Å². The molecule has 0 bridgehead atoms. The summed E-state index contributed by atoms with van der Waals surface area (Å²) in [5.41, 5.74) is 5.58. The molecule has 100 valence electrons. The molecule has 0 atom stereocenters. The average molecular weight is 256 g/mol. The molecule has 0 saturated carbocycles. The van der Waals surface area contributed by atoms with Crippen molar-refractivity contribution >= 4 is 11.7 Å².